The van der Waals surface area contributed by atoms with Gasteiger partial charge in [0, 0.05) is 11.3 Å². The van der Waals surface area contributed by atoms with Gasteiger partial charge in [0.1, 0.15) is 22.2 Å². The second kappa shape index (κ2) is 7.03. The second-order valence-corrected chi connectivity index (χ2v) is 9.55. The first kappa shape index (κ1) is 21.0. The second-order valence-electron chi connectivity index (χ2n) is 8.41. The number of ether oxygens (including phenoxy) is 2. The summed E-state index contributed by atoms with van der Waals surface area (Å²) in [7, 11) is 0. The minimum absolute atomic E-state index is 0.0128. The lowest BCUT2D eigenvalue weighted by molar-refractivity contribution is -0.143. The van der Waals surface area contributed by atoms with E-state index in [1.165, 1.54) is 0 Å². The topological polar surface area (TPSA) is 119 Å². The number of aliphatic carboxylic acids is 1. The number of hydrogen-bond donors (Lipinski definition) is 2. The molecule has 1 aromatic rings. The Balaban J connectivity index is 2.39. The minimum atomic E-state index is -1.17. The molecule has 0 radical (unpaired) electrons. The standard InChI is InChI=1S/C18H26N2O6S/c1-17(2,3)25-15(23)12-9-7-10(14(21)22)20(8-11(9)27-13(12)19)16(24)26-18(4,5)6/h10H,7-8,19H2,1-6H3,(H,21,22)/t10-/m0/s1. The van der Waals surface area contributed by atoms with Crippen molar-refractivity contribution in [3.05, 3.63) is 16.0 Å². The van der Waals surface area contributed by atoms with Crippen LogP contribution < -0.4 is 5.73 Å². The van der Waals surface area contributed by atoms with E-state index in [9.17, 15) is 19.5 Å². The Hall–Kier alpha value is -2.29. The summed E-state index contributed by atoms with van der Waals surface area (Å²) in [5, 5.41) is 9.86. The largest absolute Gasteiger partial charge is 0.480 e. The van der Waals surface area contributed by atoms with Gasteiger partial charge in [-0.25, -0.2) is 14.4 Å². The van der Waals surface area contributed by atoms with Gasteiger partial charge >= 0.3 is 18.0 Å². The van der Waals surface area contributed by atoms with Crippen LogP contribution in [0.4, 0.5) is 9.80 Å². The van der Waals surface area contributed by atoms with E-state index >= 15 is 0 Å². The maximum Gasteiger partial charge on any atom is 0.411 e. The summed E-state index contributed by atoms with van der Waals surface area (Å²) >= 11 is 1.16. The molecule has 1 atom stereocenters. The maximum absolute atomic E-state index is 12.5. The number of nitrogens with two attached hydrogens (primary N) is 1. The van der Waals surface area contributed by atoms with Crippen molar-refractivity contribution in [3.8, 4) is 0 Å². The quantitative estimate of drug-likeness (QED) is 0.735. The zero-order chi connectivity index (χ0) is 20.7. The molecule has 0 saturated heterocycles. The highest BCUT2D eigenvalue weighted by molar-refractivity contribution is 7.16. The third kappa shape index (κ3) is 4.91. The van der Waals surface area contributed by atoms with E-state index in [-0.39, 0.29) is 23.5 Å². The van der Waals surface area contributed by atoms with E-state index in [0.717, 1.165) is 16.2 Å². The molecule has 0 unspecified atom stereocenters. The normalized spacial score (nSPS) is 17.3. The monoisotopic (exact) mass is 398 g/mol. The fourth-order valence-corrected chi connectivity index (χ4v) is 3.82. The Kier molecular flexibility index (Phi) is 5.47. The van der Waals surface area contributed by atoms with Crippen molar-refractivity contribution in [2.45, 2.75) is 71.8 Å². The molecule has 0 aliphatic carbocycles. The highest BCUT2D eigenvalue weighted by atomic mass is 32.1. The van der Waals surface area contributed by atoms with E-state index in [2.05, 4.69) is 0 Å². The van der Waals surface area contributed by atoms with Crippen LogP contribution in [0, 0.1) is 0 Å². The van der Waals surface area contributed by atoms with Gasteiger partial charge in [0.05, 0.1) is 12.1 Å². The predicted octanol–water partition coefficient (Wildman–Crippen LogP) is 3.03. The molecule has 8 nitrogen and oxygen atoms in total. The fraction of sp³-hybridized carbons (Fsp3) is 0.611. The molecule has 1 aliphatic heterocycles. The molecular weight excluding hydrogens is 372 g/mol. The number of hydrogen-bond acceptors (Lipinski definition) is 7. The Morgan fingerprint density at radius 2 is 1.67 bits per heavy atom. The van der Waals surface area contributed by atoms with Crippen molar-refractivity contribution in [1.29, 1.82) is 0 Å². The molecule has 2 heterocycles. The van der Waals surface area contributed by atoms with Gasteiger partial charge in [-0.1, -0.05) is 0 Å². The Labute approximate surface area is 162 Å². The van der Waals surface area contributed by atoms with Crippen LogP contribution in [0.25, 0.3) is 0 Å². The van der Waals surface area contributed by atoms with Crippen LogP contribution in [0.3, 0.4) is 0 Å². The van der Waals surface area contributed by atoms with Gasteiger partial charge in [-0.2, -0.15) is 0 Å². The smallest absolute Gasteiger partial charge is 0.411 e. The maximum atomic E-state index is 12.5. The number of carboxylic acid groups (broad SMARTS) is 1. The predicted molar refractivity (Wildman–Crippen MR) is 101 cm³/mol. The summed E-state index contributed by atoms with van der Waals surface area (Å²) in [6.07, 6.45) is -0.752. The van der Waals surface area contributed by atoms with Crippen LogP contribution in [-0.4, -0.2) is 45.3 Å². The molecule has 0 aromatic carbocycles. The number of nitrogen functional groups attached to an aromatic ring is 1. The minimum Gasteiger partial charge on any atom is -0.480 e. The molecule has 0 spiro atoms. The van der Waals surface area contributed by atoms with Crippen LogP contribution in [-0.2, 0) is 27.2 Å². The number of carbonyl (C=O) groups is 3. The molecule has 2 rings (SSSR count). The van der Waals surface area contributed by atoms with Crippen molar-refractivity contribution >= 4 is 34.4 Å². The van der Waals surface area contributed by atoms with Gasteiger partial charge in [0.15, 0.2) is 0 Å². The summed E-state index contributed by atoms with van der Waals surface area (Å²) in [6, 6.07) is -1.15. The molecule has 0 saturated carbocycles. The van der Waals surface area contributed by atoms with Crippen molar-refractivity contribution in [2.75, 3.05) is 5.73 Å². The average Bonchev–Trinajstić information content (AvgIpc) is 2.76. The highest BCUT2D eigenvalue weighted by Crippen LogP contribution is 2.38. The zero-order valence-corrected chi connectivity index (χ0v) is 17.2. The van der Waals surface area contributed by atoms with Gasteiger partial charge in [-0.3, -0.25) is 4.90 Å². The molecule has 3 N–H and O–H groups in total. The molecule has 9 heteroatoms. The third-order valence-corrected chi connectivity index (χ3v) is 4.77. The number of esters is 1. The van der Waals surface area contributed by atoms with E-state index in [0.29, 0.717) is 10.4 Å². The van der Waals surface area contributed by atoms with Gasteiger partial charge in [0.25, 0.3) is 0 Å². The van der Waals surface area contributed by atoms with Crippen molar-refractivity contribution < 1.29 is 29.0 Å². The van der Waals surface area contributed by atoms with Gasteiger partial charge < -0.3 is 20.3 Å². The lowest BCUT2D eigenvalue weighted by Gasteiger charge is -2.34. The molecule has 1 amide bonds. The van der Waals surface area contributed by atoms with Crippen LogP contribution in [0.2, 0.25) is 0 Å². The Morgan fingerprint density at radius 3 is 2.15 bits per heavy atom. The number of carbonyl (C=O) groups excluding carboxylic acids is 2. The van der Waals surface area contributed by atoms with Crippen molar-refractivity contribution in [2.24, 2.45) is 0 Å². The molecule has 27 heavy (non-hydrogen) atoms. The molecular formula is C18H26N2O6S. The van der Waals surface area contributed by atoms with Crippen LogP contribution >= 0.6 is 11.3 Å². The first-order chi connectivity index (χ1) is 12.2. The number of nitrogens with zero attached hydrogens (tertiary/aromatic N) is 1. The van der Waals surface area contributed by atoms with Crippen LogP contribution in [0.5, 0.6) is 0 Å². The number of fused-ring (bicyclic) bond motifs is 1. The number of anilines is 1. The summed E-state index contributed by atoms with van der Waals surface area (Å²) < 4.78 is 10.7. The van der Waals surface area contributed by atoms with Gasteiger partial charge in [-0.05, 0) is 47.1 Å². The molecule has 1 aromatic heterocycles. The molecule has 0 bridgehead atoms. The third-order valence-electron chi connectivity index (χ3n) is 3.72. The number of carboxylic acids is 1. The molecule has 0 fully saturated rings. The van der Waals surface area contributed by atoms with E-state index in [1.807, 2.05) is 0 Å². The summed E-state index contributed by atoms with van der Waals surface area (Å²) in [5.41, 5.74) is 5.28. The summed E-state index contributed by atoms with van der Waals surface area (Å²) in [6.45, 7) is 10.4. The SMILES string of the molecule is CC(C)(C)OC(=O)c1c(N)sc2c1C[C@@H](C(=O)O)N(C(=O)OC(C)(C)C)C2. The van der Waals surface area contributed by atoms with Gasteiger partial charge in [-0.15, -0.1) is 11.3 Å². The van der Waals surface area contributed by atoms with E-state index < -0.39 is 35.3 Å². The van der Waals surface area contributed by atoms with Crippen molar-refractivity contribution in [1.82, 2.24) is 4.90 Å². The van der Waals surface area contributed by atoms with Crippen LogP contribution in [0.15, 0.2) is 0 Å². The first-order valence-corrected chi connectivity index (χ1v) is 9.37. The fourth-order valence-electron chi connectivity index (χ4n) is 2.73. The van der Waals surface area contributed by atoms with Crippen molar-refractivity contribution in [3.63, 3.8) is 0 Å². The number of amides is 1. The highest BCUT2D eigenvalue weighted by Gasteiger charge is 2.41. The lowest BCUT2D eigenvalue weighted by atomic mass is 9.96. The molecule has 1 aliphatic rings. The Bertz CT molecular complexity index is 772. The lowest BCUT2D eigenvalue weighted by Crippen LogP contribution is -2.50. The molecule has 150 valence electrons. The zero-order valence-electron chi connectivity index (χ0n) is 16.4. The van der Waals surface area contributed by atoms with E-state index in [4.69, 9.17) is 15.2 Å². The Morgan fingerprint density at radius 1 is 1.11 bits per heavy atom. The number of rotatable bonds is 2. The van der Waals surface area contributed by atoms with Gasteiger partial charge in [0.2, 0.25) is 0 Å². The number of thiophene rings is 1. The summed E-state index contributed by atoms with van der Waals surface area (Å²) in [5.74, 6) is -1.77. The summed E-state index contributed by atoms with van der Waals surface area (Å²) in [4.78, 5) is 38.6. The van der Waals surface area contributed by atoms with E-state index in [1.54, 1.807) is 41.5 Å². The van der Waals surface area contributed by atoms with Crippen LogP contribution in [0.1, 0.15) is 62.3 Å². The average molecular weight is 398 g/mol. The first-order valence-electron chi connectivity index (χ1n) is 8.55.